The van der Waals surface area contributed by atoms with Gasteiger partial charge in [-0.05, 0) is 26.3 Å². The van der Waals surface area contributed by atoms with Crippen LogP contribution in [0.2, 0.25) is 0 Å². The van der Waals surface area contributed by atoms with E-state index in [-0.39, 0.29) is 0 Å². The van der Waals surface area contributed by atoms with Crippen LogP contribution in [0.1, 0.15) is 25.8 Å². The van der Waals surface area contributed by atoms with Gasteiger partial charge in [0.1, 0.15) is 5.75 Å². The van der Waals surface area contributed by atoms with Gasteiger partial charge in [-0.1, -0.05) is 18.2 Å². The third-order valence-electron chi connectivity index (χ3n) is 3.57. The van der Waals surface area contributed by atoms with E-state index in [2.05, 4.69) is 30.5 Å². The molecule has 0 bridgehead atoms. The smallest absolute Gasteiger partial charge is 0.123 e. The van der Waals surface area contributed by atoms with Gasteiger partial charge in [0.05, 0.1) is 6.61 Å². The number of nitrogens with two attached hydrogens (primary N) is 1. The van der Waals surface area contributed by atoms with Gasteiger partial charge in [0.15, 0.2) is 0 Å². The van der Waals surface area contributed by atoms with Gasteiger partial charge < -0.3 is 15.4 Å². The Kier molecular flexibility index (Phi) is 5.75. The molecule has 1 aliphatic rings. The standard InChI is InChI=1S/C16H26N2OS/c1-16(2)13-18(9-11-20-16)8-5-10-19-15-7-4-3-6-14(15)12-17/h3-4,6-7H,5,8-13,17H2,1-2H3. The van der Waals surface area contributed by atoms with Crippen LogP contribution in [-0.2, 0) is 6.54 Å². The monoisotopic (exact) mass is 294 g/mol. The quantitative estimate of drug-likeness (QED) is 0.819. The van der Waals surface area contributed by atoms with Crippen molar-refractivity contribution in [2.75, 3.05) is 32.0 Å². The zero-order valence-corrected chi connectivity index (χ0v) is 13.4. The molecule has 112 valence electrons. The summed E-state index contributed by atoms with van der Waals surface area (Å²) < 4.78 is 6.25. The van der Waals surface area contributed by atoms with E-state index >= 15 is 0 Å². The summed E-state index contributed by atoms with van der Waals surface area (Å²) in [5.41, 5.74) is 6.80. The Morgan fingerprint density at radius 3 is 2.90 bits per heavy atom. The maximum Gasteiger partial charge on any atom is 0.123 e. The second-order valence-electron chi connectivity index (χ2n) is 5.90. The van der Waals surface area contributed by atoms with Crippen molar-refractivity contribution in [3.8, 4) is 5.75 Å². The molecule has 1 aromatic rings. The summed E-state index contributed by atoms with van der Waals surface area (Å²) in [6.45, 7) is 9.46. The number of hydrogen-bond acceptors (Lipinski definition) is 4. The van der Waals surface area contributed by atoms with Crippen molar-refractivity contribution in [3.05, 3.63) is 29.8 Å². The third kappa shape index (κ3) is 4.69. The van der Waals surface area contributed by atoms with Crippen molar-refractivity contribution >= 4 is 11.8 Å². The molecule has 0 radical (unpaired) electrons. The lowest BCUT2D eigenvalue weighted by Gasteiger charge is -2.37. The van der Waals surface area contributed by atoms with Crippen LogP contribution >= 0.6 is 11.8 Å². The number of hydrogen-bond donors (Lipinski definition) is 1. The molecule has 0 spiro atoms. The predicted octanol–water partition coefficient (Wildman–Crippen LogP) is 2.74. The number of rotatable bonds is 6. The fraction of sp³-hybridized carbons (Fsp3) is 0.625. The molecule has 0 saturated carbocycles. The van der Waals surface area contributed by atoms with Crippen molar-refractivity contribution in [1.29, 1.82) is 0 Å². The fourth-order valence-electron chi connectivity index (χ4n) is 2.59. The molecule has 1 saturated heterocycles. The van der Waals surface area contributed by atoms with Crippen molar-refractivity contribution in [2.24, 2.45) is 5.73 Å². The highest BCUT2D eigenvalue weighted by Crippen LogP contribution is 2.29. The van der Waals surface area contributed by atoms with Gasteiger partial charge >= 0.3 is 0 Å². The number of ether oxygens (including phenoxy) is 1. The molecule has 4 heteroatoms. The predicted molar refractivity (Wildman–Crippen MR) is 87.4 cm³/mol. The average Bonchev–Trinajstić information content (AvgIpc) is 2.43. The molecule has 0 atom stereocenters. The summed E-state index contributed by atoms with van der Waals surface area (Å²) in [6.07, 6.45) is 1.07. The van der Waals surface area contributed by atoms with Gasteiger partial charge in [-0.3, -0.25) is 0 Å². The molecule has 20 heavy (non-hydrogen) atoms. The number of benzene rings is 1. The van der Waals surface area contributed by atoms with E-state index in [9.17, 15) is 0 Å². The van der Waals surface area contributed by atoms with E-state index in [1.165, 1.54) is 18.8 Å². The van der Waals surface area contributed by atoms with Crippen LogP contribution in [0.25, 0.3) is 0 Å². The first-order chi connectivity index (χ1) is 9.61. The molecule has 0 amide bonds. The summed E-state index contributed by atoms with van der Waals surface area (Å²) in [5, 5.41) is 0. The van der Waals surface area contributed by atoms with Gasteiger partial charge in [0.2, 0.25) is 0 Å². The molecule has 0 unspecified atom stereocenters. The highest BCUT2D eigenvalue weighted by molar-refractivity contribution is 8.00. The highest BCUT2D eigenvalue weighted by atomic mass is 32.2. The molecule has 3 nitrogen and oxygen atoms in total. The Balaban J connectivity index is 1.71. The van der Waals surface area contributed by atoms with Crippen LogP contribution in [0.4, 0.5) is 0 Å². The lowest BCUT2D eigenvalue weighted by atomic mass is 10.2. The minimum atomic E-state index is 0.394. The van der Waals surface area contributed by atoms with Gasteiger partial charge in [0, 0.05) is 42.2 Å². The van der Waals surface area contributed by atoms with E-state index in [0.717, 1.165) is 30.9 Å². The average molecular weight is 294 g/mol. The molecule has 1 fully saturated rings. The Morgan fingerprint density at radius 1 is 1.35 bits per heavy atom. The van der Waals surface area contributed by atoms with Crippen LogP contribution in [-0.4, -0.2) is 41.6 Å². The van der Waals surface area contributed by atoms with E-state index in [1.807, 2.05) is 24.3 Å². The summed E-state index contributed by atoms with van der Waals surface area (Å²) in [7, 11) is 0. The van der Waals surface area contributed by atoms with E-state index < -0.39 is 0 Å². The van der Waals surface area contributed by atoms with Gasteiger partial charge in [0.25, 0.3) is 0 Å². The van der Waals surface area contributed by atoms with E-state index in [4.69, 9.17) is 10.5 Å². The minimum Gasteiger partial charge on any atom is -0.493 e. The Bertz CT molecular complexity index is 423. The summed E-state index contributed by atoms with van der Waals surface area (Å²) in [4.78, 5) is 2.55. The first-order valence-electron chi connectivity index (χ1n) is 7.38. The third-order valence-corrected chi connectivity index (χ3v) is 4.87. The largest absolute Gasteiger partial charge is 0.493 e. The van der Waals surface area contributed by atoms with Crippen LogP contribution in [0.3, 0.4) is 0 Å². The molecular formula is C16H26N2OS. The second kappa shape index (κ2) is 7.34. The van der Waals surface area contributed by atoms with E-state index in [0.29, 0.717) is 11.3 Å². The normalized spacial score (nSPS) is 18.9. The lowest BCUT2D eigenvalue weighted by molar-refractivity contribution is 0.225. The van der Waals surface area contributed by atoms with E-state index in [1.54, 1.807) is 0 Å². The molecule has 1 aliphatic heterocycles. The summed E-state index contributed by atoms with van der Waals surface area (Å²) >= 11 is 2.08. The maximum atomic E-state index is 5.86. The van der Waals surface area contributed by atoms with Crippen molar-refractivity contribution in [1.82, 2.24) is 4.90 Å². The van der Waals surface area contributed by atoms with Gasteiger partial charge in [-0.2, -0.15) is 11.8 Å². The zero-order valence-electron chi connectivity index (χ0n) is 12.6. The Hall–Kier alpha value is -0.710. The van der Waals surface area contributed by atoms with Gasteiger partial charge in [-0.15, -0.1) is 0 Å². The Labute approximate surface area is 126 Å². The maximum absolute atomic E-state index is 5.86. The first-order valence-corrected chi connectivity index (χ1v) is 8.36. The second-order valence-corrected chi connectivity index (χ2v) is 7.70. The van der Waals surface area contributed by atoms with Crippen LogP contribution < -0.4 is 10.5 Å². The zero-order chi connectivity index (χ0) is 14.4. The molecule has 1 heterocycles. The lowest BCUT2D eigenvalue weighted by Crippen LogP contribution is -2.43. The van der Waals surface area contributed by atoms with Gasteiger partial charge in [-0.25, -0.2) is 0 Å². The van der Waals surface area contributed by atoms with Crippen molar-refractivity contribution < 1.29 is 4.74 Å². The van der Waals surface area contributed by atoms with Crippen molar-refractivity contribution in [3.63, 3.8) is 0 Å². The molecular weight excluding hydrogens is 268 g/mol. The number of para-hydroxylation sites is 1. The molecule has 0 aliphatic carbocycles. The molecule has 2 N–H and O–H groups in total. The van der Waals surface area contributed by atoms with Crippen LogP contribution in [0, 0.1) is 0 Å². The first kappa shape index (κ1) is 15.7. The SMILES string of the molecule is CC1(C)CN(CCCOc2ccccc2CN)CCS1. The molecule has 1 aromatic carbocycles. The Morgan fingerprint density at radius 2 is 2.15 bits per heavy atom. The minimum absolute atomic E-state index is 0.394. The summed E-state index contributed by atoms with van der Waals surface area (Å²) in [6, 6.07) is 8.03. The summed E-state index contributed by atoms with van der Waals surface area (Å²) in [5.74, 6) is 2.17. The molecule has 0 aromatic heterocycles. The fourth-order valence-corrected chi connectivity index (χ4v) is 3.76. The highest BCUT2D eigenvalue weighted by Gasteiger charge is 2.26. The van der Waals surface area contributed by atoms with Crippen molar-refractivity contribution in [2.45, 2.75) is 31.6 Å². The number of thioether (sulfide) groups is 1. The van der Waals surface area contributed by atoms with Crippen LogP contribution in [0.15, 0.2) is 24.3 Å². The van der Waals surface area contributed by atoms with Crippen LogP contribution in [0.5, 0.6) is 5.75 Å². The topological polar surface area (TPSA) is 38.5 Å². The number of nitrogens with zero attached hydrogens (tertiary/aromatic N) is 1. The molecule has 2 rings (SSSR count).